The highest BCUT2D eigenvalue weighted by Crippen LogP contribution is 2.18. The minimum atomic E-state index is 0.299. The highest BCUT2D eigenvalue weighted by Gasteiger charge is 2.25. The molecule has 0 spiro atoms. The molecule has 0 bridgehead atoms. The van der Waals surface area contributed by atoms with Gasteiger partial charge in [-0.05, 0) is 50.0 Å². The van der Waals surface area contributed by atoms with Gasteiger partial charge < -0.3 is 20.2 Å². The normalized spacial score (nSPS) is 18.4. The summed E-state index contributed by atoms with van der Waals surface area (Å²) in [4.78, 5) is 9.65. The molecule has 1 unspecified atom stereocenters. The molecule has 5 heteroatoms. The van der Waals surface area contributed by atoms with Gasteiger partial charge in [0.25, 0.3) is 0 Å². The molecule has 1 aromatic rings. The van der Waals surface area contributed by atoms with Crippen LogP contribution in [0.2, 0.25) is 0 Å². The number of guanidine groups is 1. The zero-order valence-corrected chi connectivity index (χ0v) is 15.3. The number of likely N-dealkylation sites (tertiary alicyclic amines) is 1. The molecular formula is C19H32N4O. The Hall–Kier alpha value is -1.75. The fourth-order valence-electron chi connectivity index (χ4n) is 3.27. The molecule has 1 aliphatic heterocycles. The van der Waals surface area contributed by atoms with Crippen LogP contribution >= 0.6 is 0 Å². The third-order valence-corrected chi connectivity index (χ3v) is 4.65. The van der Waals surface area contributed by atoms with E-state index in [4.69, 9.17) is 4.99 Å². The van der Waals surface area contributed by atoms with Crippen molar-refractivity contribution in [1.29, 1.82) is 0 Å². The van der Waals surface area contributed by atoms with Crippen LogP contribution in [0.1, 0.15) is 32.8 Å². The first kappa shape index (κ1) is 18.6. The van der Waals surface area contributed by atoms with E-state index < -0.39 is 0 Å². The Bertz CT molecular complexity index is 528. The van der Waals surface area contributed by atoms with E-state index >= 15 is 0 Å². The maximum absolute atomic E-state index is 9.58. The minimum absolute atomic E-state index is 0.299. The number of hydrogen-bond acceptors (Lipinski definition) is 3. The summed E-state index contributed by atoms with van der Waals surface area (Å²) in [5, 5.41) is 13.0. The van der Waals surface area contributed by atoms with Crippen molar-refractivity contribution in [2.75, 3.05) is 39.3 Å². The number of rotatable bonds is 7. The van der Waals surface area contributed by atoms with Crippen LogP contribution in [0.5, 0.6) is 5.75 Å². The van der Waals surface area contributed by atoms with Gasteiger partial charge in [0.05, 0.1) is 6.54 Å². The largest absolute Gasteiger partial charge is 0.508 e. The summed E-state index contributed by atoms with van der Waals surface area (Å²) in [5.41, 5.74) is 1.03. The lowest BCUT2D eigenvalue weighted by Crippen LogP contribution is -2.40. The number of benzene rings is 1. The van der Waals surface area contributed by atoms with E-state index in [-0.39, 0.29) is 0 Å². The number of phenolic OH excluding ortho intramolecular Hbond substituents is 1. The first-order valence-corrected chi connectivity index (χ1v) is 9.19. The molecule has 1 saturated heterocycles. The number of phenols is 1. The Balaban J connectivity index is 1.96. The Kier molecular flexibility index (Phi) is 7.37. The standard InChI is InChI=1S/C19H32N4O/c1-4-20-19(21-13-16-8-7-9-18(24)12-16)23-11-10-17(15-23)14-22(5-2)6-3/h7-9,12,17,24H,4-6,10-11,13-15H2,1-3H3,(H,20,21). The molecule has 1 aliphatic rings. The van der Waals surface area contributed by atoms with Crippen molar-refractivity contribution >= 4 is 5.96 Å². The molecule has 0 saturated carbocycles. The van der Waals surface area contributed by atoms with Gasteiger partial charge in [0.15, 0.2) is 5.96 Å². The van der Waals surface area contributed by atoms with E-state index in [0.29, 0.717) is 12.3 Å². The van der Waals surface area contributed by atoms with E-state index in [9.17, 15) is 5.11 Å². The summed E-state index contributed by atoms with van der Waals surface area (Å²) in [5.74, 6) is 2.01. The average molecular weight is 332 g/mol. The highest BCUT2D eigenvalue weighted by molar-refractivity contribution is 5.80. The number of aromatic hydroxyl groups is 1. The topological polar surface area (TPSA) is 51.1 Å². The summed E-state index contributed by atoms with van der Waals surface area (Å²) >= 11 is 0. The van der Waals surface area contributed by atoms with Crippen molar-refractivity contribution in [3.05, 3.63) is 29.8 Å². The summed E-state index contributed by atoms with van der Waals surface area (Å²) in [6.07, 6.45) is 1.23. The smallest absolute Gasteiger partial charge is 0.194 e. The van der Waals surface area contributed by atoms with Crippen LogP contribution in [-0.2, 0) is 6.54 Å². The molecular weight excluding hydrogens is 300 g/mol. The molecule has 0 aliphatic carbocycles. The lowest BCUT2D eigenvalue weighted by atomic mass is 10.1. The molecule has 1 atom stereocenters. The van der Waals surface area contributed by atoms with Gasteiger partial charge in [-0.15, -0.1) is 0 Å². The van der Waals surface area contributed by atoms with Crippen molar-refractivity contribution in [2.45, 2.75) is 33.7 Å². The van der Waals surface area contributed by atoms with Crippen LogP contribution in [0.25, 0.3) is 0 Å². The number of nitrogens with zero attached hydrogens (tertiary/aromatic N) is 3. The Morgan fingerprint density at radius 2 is 2.12 bits per heavy atom. The molecule has 2 rings (SSSR count). The summed E-state index contributed by atoms with van der Waals surface area (Å²) in [6, 6.07) is 7.33. The van der Waals surface area contributed by atoms with Gasteiger partial charge in [-0.3, -0.25) is 0 Å². The highest BCUT2D eigenvalue weighted by atomic mass is 16.3. The van der Waals surface area contributed by atoms with Crippen molar-refractivity contribution in [3.63, 3.8) is 0 Å². The van der Waals surface area contributed by atoms with E-state index in [2.05, 4.69) is 35.9 Å². The number of hydrogen-bond donors (Lipinski definition) is 2. The average Bonchev–Trinajstić information content (AvgIpc) is 3.05. The monoisotopic (exact) mass is 332 g/mol. The Morgan fingerprint density at radius 1 is 1.33 bits per heavy atom. The molecule has 2 N–H and O–H groups in total. The molecule has 1 aromatic carbocycles. The first-order chi connectivity index (χ1) is 11.7. The van der Waals surface area contributed by atoms with Crippen molar-refractivity contribution in [3.8, 4) is 5.75 Å². The van der Waals surface area contributed by atoms with Crippen LogP contribution in [0, 0.1) is 5.92 Å². The Morgan fingerprint density at radius 3 is 2.79 bits per heavy atom. The predicted octanol–water partition coefficient (Wildman–Crippen LogP) is 2.52. The fourth-order valence-corrected chi connectivity index (χ4v) is 3.27. The van der Waals surface area contributed by atoms with Crippen molar-refractivity contribution in [2.24, 2.45) is 10.9 Å². The van der Waals surface area contributed by atoms with Gasteiger partial charge in [-0.2, -0.15) is 0 Å². The molecule has 0 amide bonds. The van der Waals surface area contributed by atoms with Crippen molar-refractivity contribution < 1.29 is 5.11 Å². The molecule has 0 radical (unpaired) electrons. The second kappa shape index (κ2) is 9.52. The zero-order chi connectivity index (χ0) is 17.4. The predicted molar refractivity (Wildman–Crippen MR) is 100 cm³/mol. The maximum Gasteiger partial charge on any atom is 0.194 e. The summed E-state index contributed by atoms with van der Waals surface area (Å²) in [7, 11) is 0. The summed E-state index contributed by atoms with van der Waals surface area (Å²) in [6.45, 7) is 13.6. The number of aliphatic imine (C=N–C) groups is 1. The van der Waals surface area contributed by atoms with Crippen LogP contribution < -0.4 is 5.32 Å². The lowest BCUT2D eigenvalue weighted by Gasteiger charge is -2.24. The molecule has 134 valence electrons. The molecule has 24 heavy (non-hydrogen) atoms. The van der Waals surface area contributed by atoms with Gasteiger partial charge in [-0.25, -0.2) is 4.99 Å². The SMILES string of the molecule is CCNC(=NCc1cccc(O)c1)N1CCC(CN(CC)CC)C1. The maximum atomic E-state index is 9.58. The zero-order valence-electron chi connectivity index (χ0n) is 15.3. The lowest BCUT2D eigenvalue weighted by molar-refractivity contribution is 0.255. The van der Waals surface area contributed by atoms with Gasteiger partial charge in [0.1, 0.15) is 5.75 Å². The molecule has 1 heterocycles. The van der Waals surface area contributed by atoms with Gasteiger partial charge in [0, 0.05) is 26.2 Å². The van der Waals surface area contributed by atoms with E-state index in [1.807, 2.05) is 12.1 Å². The summed E-state index contributed by atoms with van der Waals surface area (Å²) < 4.78 is 0. The quantitative estimate of drug-likeness (QED) is 0.595. The molecule has 0 aromatic heterocycles. The van der Waals surface area contributed by atoms with Crippen LogP contribution in [0.3, 0.4) is 0 Å². The third-order valence-electron chi connectivity index (χ3n) is 4.65. The second-order valence-corrected chi connectivity index (χ2v) is 6.43. The third kappa shape index (κ3) is 5.41. The van der Waals surface area contributed by atoms with Crippen molar-refractivity contribution in [1.82, 2.24) is 15.1 Å². The van der Waals surface area contributed by atoms with Gasteiger partial charge in [0.2, 0.25) is 0 Å². The van der Waals surface area contributed by atoms with E-state index in [0.717, 1.165) is 50.2 Å². The first-order valence-electron chi connectivity index (χ1n) is 9.19. The second-order valence-electron chi connectivity index (χ2n) is 6.43. The van der Waals surface area contributed by atoms with Crippen LogP contribution in [-0.4, -0.2) is 60.1 Å². The van der Waals surface area contributed by atoms with E-state index in [1.165, 1.54) is 13.0 Å². The van der Waals surface area contributed by atoms with Gasteiger partial charge in [-0.1, -0.05) is 26.0 Å². The molecule has 5 nitrogen and oxygen atoms in total. The number of nitrogens with one attached hydrogen (secondary N) is 1. The van der Waals surface area contributed by atoms with Crippen LogP contribution in [0.4, 0.5) is 0 Å². The fraction of sp³-hybridized carbons (Fsp3) is 0.632. The van der Waals surface area contributed by atoms with Crippen LogP contribution in [0.15, 0.2) is 29.3 Å². The minimum Gasteiger partial charge on any atom is -0.508 e. The molecule has 1 fully saturated rings. The van der Waals surface area contributed by atoms with E-state index in [1.54, 1.807) is 12.1 Å². The van der Waals surface area contributed by atoms with Gasteiger partial charge >= 0.3 is 0 Å². The Labute approximate surface area is 146 Å².